The fourth-order valence-corrected chi connectivity index (χ4v) is 6.34. The van der Waals surface area contributed by atoms with Crippen LogP contribution in [0.25, 0.3) is 0 Å². The third kappa shape index (κ3) is 6.47. The molecule has 4 rings (SSSR count). The van der Waals surface area contributed by atoms with Crippen LogP contribution in [0.4, 0.5) is 10.8 Å². The molecule has 35 heavy (non-hydrogen) atoms. The molecule has 4 aromatic rings. The van der Waals surface area contributed by atoms with Gasteiger partial charge in [0.15, 0.2) is 4.34 Å². The maximum atomic E-state index is 13.5. The van der Waals surface area contributed by atoms with Gasteiger partial charge in [-0.1, -0.05) is 88.8 Å². The Morgan fingerprint density at radius 1 is 0.914 bits per heavy atom. The summed E-state index contributed by atoms with van der Waals surface area (Å²) < 4.78 is 28.7. The van der Waals surface area contributed by atoms with Crippen molar-refractivity contribution in [1.29, 1.82) is 0 Å². The number of nitrogens with zero attached hydrogens (tertiary/aromatic N) is 3. The Morgan fingerprint density at radius 2 is 1.54 bits per heavy atom. The molecular weight excluding hydrogens is 501 g/mol. The minimum Gasteiger partial charge on any atom is -0.299 e. The Morgan fingerprint density at radius 3 is 2.20 bits per heavy atom. The Labute approximate surface area is 213 Å². The molecule has 0 atom stereocenters. The zero-order valence-corrected chi connectivity index (χ0v) is 21.7. The second-order valence-corrected chi connectivity index (χ2v) is 11.9. The number of carbonyl (C=O) groups is 1. The first-order valence-corrected chi connectivity index (χ1v) is 14.0. The van der Waals surface area contributed by atoms with Crippen molar-refractivity contribution in [3.05, 3.63) is 95.6 Å². The van der Waals surface area contributed by atoms with Gasteiger partial charge < -0.3 is 0 Å². The normalized spacial score (nSPS) is 11.3. The van der Waals surface area contributed by atoms with Crippen molar-refractivity contribution in [3.8, 4) is 0 Å². The van der Waals surface area contributed by atoms with Crippen LogP contribution in [-0.4, -0.2) is 31.1 Å². The number of anilines is 2. The van der Waals surface area contributed by atoms with Gasteiger partial charge in [-0.25, -0.2) is 8.42 Å². The predicted octanol–water partition coefficient (Wildman–Crippen LogP) is 5.28. The van der Waals surface area contributed by atoms with E-state index in [9.17, 15) is 13.2 Å². The monoisotopic (exact) mass is 524 g/mol. The lowest BCUT2D eigenvalue weighted by Crippen LogP contribution is -2.38. The summed E-state index contributed by atoms with van der Waals surface area (Å²) in [4.78, 5) is 13.0. The third-order valence-corrected chi connectivity index (χ3v) is 8.91. The Hall–Kier alpha value is -3.21. The fourth-order valence-electron chi connectivity index (χ4n) is 3.19. The standard InChI is InChI=1S/C25H24N4O3S3/c1-18-8-12-21(13-9-18)29(35(31,32)22-14-10-19(2)11-15-22)16-23(30)26-24-27-28-25(34-24)33-17-20-6-4-3-5-7-20/h3-15H,16-17H2,1-2H3,(H,26,27,30). The highest BCUT2D eigenvalue weighted by molar-refractivity contribution is 8.00. The number of aryl methyl sites for hydroxylation is 2. The number of nitrogens with one attached hydrogen (secondary N) is 1. The number of carbonyl (C=O) groups excluding carboxylic acids is 1. The number of amides is 1. The minimum absolute atomic E-state index is 0.118. The van der Waals surface area contributed by atoms with Crippen LogP contribution in [0.1, 0.15) is 16.7 Å². The van der Waals surface area contributed by atoms with Gasteiger partial charge in [0.05, 0.1) is 10.6 Å². The topological polar surface area (TPSA) is 92.3 Å². The molecule has 0 spiro atoms. The van der Waals surface area contributed by atoms with Crippen LogP contribution in [-0.2, 0) is 20.6 Å². The molecule has 0 fully saturated rings. The number of aromatic nitrogens is 2. The molecule has 1 aromatic heterocycles. The molecule has 0 aliphatic carbocycles. The van der Waals surface area contributed by atoms with Crippen molar-refractivity contribution < 1.29 is 13.2 Å². The maximum Gasteiger partial charge on any atom is 0.264 e. The van der Waals surface area contributed by atoms with Crippen molar-refractivity contribution in [2.45, 2.75) is 28.8 Å². The Bertz CT molecular complexity index is 1390. The van der Waals surface area contributed by atoms with Crippen molar-refractivity contribution in [1.82, 2.24) is 10.2 Å². The molecule has 0 aliphatic heterocycles. The molecule has 180 valence electrons. The number of benzene rings is 3. The quantitative estimate of drug-likeness (QED) is 0.237. The van der Waals surface area contributed by atoms with Crippen molar-refractivity contribution >= 4 is 49.8 Å². The summed E-state index contributed by atoms with van der Waals surface area (Å²) in [5, 5.41) is 11.2. The molecule has 10 heteroatoms. The van der Waals surface area contributed by atoms with Crippen LogP contribution in [0.3, 0.4) is 0 Å². The number of hydrogen-bond acceptors (Lipinski definition) is 7. The Balaban J connectivity index is 1.49. The summed E-state index contributed by atoms with van der Waals surface area (Å²) in [6.07, 6.45) is 0. The molecule has 3 aromatic carbocycles. The van der Waals surface area contributed by atoms with Gasteiger partial charge in [0.1, 0.15) is 6.54 Å². The van der Waals surface area contributed by atoms with E-state index in [1.165, 1.54) is 23.1 Å². The first-order chi connectivity index (χ1) is 16.8. The third-order valence-electron chi connectivity index (χ3n) is 5.08. The molecule has 0 saturated carbocycles. The molecule has 1 N–H and O–H groups in total. The van der Waals surface area contributed by atoms with Gasteiger partial charge in [-0.3, -0.25) is 14.4 Å². The van der Waals surface area contributed by atoms with Crippen molar-refractivity contribution in [2.75, 3.05) is 16.2 Å². The summed E-state index contributed by atoms with van der Waals surface area (Å²) in [5.41, 5.74) is 3.50. The second kappa shape index (κ2) is 11.0. The molecule has 0 radical (unpaired) electrons. The SMILES string of the molecule is Cc1ccc(N(CC(=O)Nc2nnc(SCc3ccccc3)s2)S(=O)(=O)c2ccc(C)cc2)cc1. The number of sulfonamides is 1. The van der Waals surface area contributed by atoms with Gasteiger partial charge in [0.2, 0.25) is 11.0 Å². The lowest BCUT2D eigenvalue weighted by molar-refractivity contribution is -0.114. The molecule has 0 unspecified atom stereocenters. The van der Waals surface area contributed by atoms with Crippen LogP contribution in [0.2, 0.25) is 0 Å². The van der Waals surface area contributed by atoms with Crippen LogP contribution in [0.5, 0.6) is 0 Å². The number of hydrogen-bond donors (Lipinski definition) is 1. The van der Waals surface area contributed by atoms with E-state index in [1.54, 1.807) is 36.4 Å². The van der Waals surface area contributed by atoms with E-state index in [0.717, 1.165) is 26.7 Å². The van der Waals surface area contributed by atoms with Crippen LogP contribution < -0.4 is 9.62 Å². The lowest BCUT2D eigenvalue weighted by Gasteiger charge is -2.24. The summed E-state index contributed by atoms with van der Waals surface area (Å²) >= 11 is 2.78. The van der Waals surface area contributed by atoms with E-state index in [4.69, 9.17) is 0 Å². The zero-order valence-electron chi connectivity index (χ0n) is 19.2. The smallest absolute Gasteiger partial charge is 0.264 e. The van der Waals surface area contributed by atoms with E-state index in [0.29, 0.717) is 15.2 Å². The van der Waals surface area contributed by atoms with E-state index in [2.05, 4.69) is 15.5 Å². The van der Waals surface area contributed by atoms with Crippen LogP contribution in [0, 0.1) is 13.8 Å². The molecule has 7 nitrogen and oxygen atoms in total. The average Bonchev–Trinajstić information content (AvgIpc) is 3.30. The fraction of sp³-hybridized carbons (Fsp3) is 0.160. The van der Waals surface area contributed by atoms with Gasteiger partial charge >= 0.3 is 0 Å². The highest BCUT2D eigenvalue weighted by atomic mass is 32.2. The summed E-state index contributed by atoms with van der Waals surface area (Å²) in [6, 6.07) is 23.6. The zero-order chi connectivity index (χ0) is 24.8. The van der Waals surface area contributed by atoms with E-state index in [-0.39, 0.29) is 4.90 Å². The van der Waals surface area contributed by atoms with E-state index in [1.807, 2.05) is 56.3 Å². The number of rotatable bonds is 9. The van der Waals surface area contributed by atoms with Gasteiger partial charge in [0, 0.05) is 5.75 Å². The summed E-state index contributed by atoms with van der Waals surface area (Å²) in [7, 11) is -3.97. The van der Waals surface area contributed by atoms with Gasteiger partial charge in [-0.05, 0) is 43.7 Å². The Kier molecular flexibility index (Phi) is 7.84. The summed E-state index contributed by atoms with van der Waals surface area (Å²) in [5.74, 6) is 0.233. The average molecular weight is 525 g/mol. The highest BCUT2D eigenvalue weighted by Gasteiger charge is 2.27. The van der Waals surface area contributed by atoms with Crippen molar-refractivity contribution in [3.63, 3.8) is 0 Å². The van der Waals surface area contributed by atoms with Crippen LogP contribution in [0.15, 0.2) is 88.1 Å². The van der Waals surface area contributed by atoms with Crippen LogP contribution >= 0.6 is 23.1 Å². The second-order valence-electron chi connectivity index (χ2n) is 7.86. The first-order valence-electron chi connectivity index (χ1n) is 10.8. The van der Waals surface area contributed by atoms with Gasteiger partial charge in [-0.15, -0.1) is 10.2 Å². The molecule has 0 saturated heterocycles. The molecule has 1 heterocycles. The lowest BCUT2D eigenvalue weighted by atomic mass is 10.2. The first kappa shape index (κ1) is 24.9. The highest BCUT2D eigenvalue weighted by Crippen LogP contribution is 2.29. The minimum atomic E-state index is -3.97. The largest absolute Gasteiger partial charge is 0.299 e. The maximum absolute atomic E-state index is 13.5. The predicted molar refractivity (Wildman–Crippen MR) is 141 cm³/mol. The van der Waals surface area contributed by atoms with Crippen molar-refractivity contribution in [2.24, 2.45) is 0 Å². The molecule has 1 amide bonds. The summed E-state index contributed by atoms with van der Waals surface area (Å²) in [6.45, 7) is 3.40. The van der Waals surface area contributed by atoms with E-state index >= 15 is 0 Å². The van der Waals surface area contributed by atoms with Gasteiger partial charge in [0.25, 0.3) is 10.0 Å². The van der Waals surface area contributed by atoms with Gasteiger partial charge in [-0.2, -0.15) is 0 Å². The molecular formula is C25H24N4O3S3. The molecule has 0 bridgehead atoms. The van der Waals surface area contributed by atoms with E-state index < -0.39 is 22.5 Å². The molecule has 0 aliphatic rings. The number of thioether (sulfide) groups is 1.